The predicted molar refractivity (Wildman–Crippen MR) is 74.2 cm³/mol. The number of aryl methyl sites for hydroxylation is 2. The van der Waals surface area contributed by atoms with Crippen LogP contribution in [-0.2, 0) is 13.6 Å². The maximum absolute atomic E-state index is 5.39. The number of H-pyrrole nitrogens is 1. The number of hydrogen-bond donors (Lipinski definition) is 1. The van der Waals surface area contributed by atoms with Gasteiger partial charge in [0.05, 0.1) is 23.3 Å². The molecule has 0 unspecified atom stereocenters. The maximum atomic E-state index is 5.39. The summed E-state index contributed by atoms with van der Waals surface area (Å²) in [5.41, 5.74) is 4.58. The van der Waals surface area contributed by atoms with Crippen molar-refractivity contribution in [1.82, 2.24) is 19.3 Å². The number of fused-ring (bicyclic) bond motifs is 1. The number of nitrogens with one attached hydrogen (secondary N) is 1. The van der Waals surface area contributed by atoms with E-state index in [0.717, 1.165) is 28.0 Å². The van der Waals surface area contributed by atoms with Gasteiger partial charge in [-0.15, -0.1) is 0 Å². The highest BCUT2D eigenvalue weighted by atomic mass is 32.1. The third-order valence-electron chi connectivity index (χ3n) is 3.17. The highest BCUT2D eigenvalue weighted by Crippen LogP contribution is 2.17. The maximum Gasteiger partial charge on any atom is 0.178 e. The quantitative estimate of drug-likeness (QED) is 0.718. The van der Waals surface area contributed by atoms with Crippen molar-refractivity contribution in [3.63, 3.8) is 0 Å². The van der Waals surface area contributed by atoms with Crippen molar-refractivity contribution in [2.45, 2.75) is 13.5 Å². The zero-order chi connectivity index (χ0) is 12.7. The molecule has 1 aromatic carbocycles. The van der Waals surface area contributed by atoms with Crippen molar-refractivity contribution in [3.8, 4) is 0 Å². The minimum atomic E-state index is 0.735. The van der Waals surface area contributed by atoms with Crippen LogP contribution in [0, 0.1) is 11.7 Å². The Morgan fingerprint density at radius 2 is 2.17 bits per heavy atom. The Hall–Kier alpha value is -1.88. The monoisotopic (exact) mass is 258 g/mol. The van der Waals surface area contributed by atoms with Gasteiger partial charge in [-0.05, 0) is 42.9 Å². The second-order valence-electron chi connectivity index (χ2n) is 4.48. The molecule has 18 heavy (non-hydrogen) atoms. The zero-order valence-corrected chi connectivity index (χ0v) is 11.2. The van der Waals surface area contributed by atoms with Crippen LogP contribution in [0.2, 0.25) is 0 Å². The molecular weight excluding hydrogens is 244 g/mol. The fraction of sp³-hybridized carbons (Fsp3) is 0.231. The normalized spacial score (nSPS) is 11.2. The first-order valence-corrected chi connectivity index (χ1v) is 6.22. The van der Waals surface area contributed by atoms with E-state index in [-0.39, 0.29) is 0 Å². The topological polar surface area (TPSA) is 38.5 Å². The van der Waals surface area contributed by atoms with Gasteiger partial charge in [-0.1, -0.05) is 6.07 Å². The fourth-order valence-electron chi connectivity index (χ4n) is 2.15. The molecule has 0 fully saturated rings. The molecule has 0 bridgehead atoms. The van der Waals surface area contributed by atoms with Gasteiger partial charge in [-0.25, -0.2) is 0 Å². The summed E-state index contributed by atoms with van der Waals surface area (Å²) in [4.78, 5) is 3.25. The summed E-state index contributed by atoms with van der Waals surface area (Å²) in [5.74, 6) is 0. The lowest BCUT2D eigenvalue weighted by molar-refractivity contribution is 0.671. The van der Waals surface area contributed by atoms with Gasteiger partial charge in [-0.3, -0.25) is 4.68 Å². The molecule has 5 heteroatoms. The van der Waals surface area contributed by atoms with Crippen LogP contribution in [0.25, 0.3) is 11.0 Å². The smallest absolute Gasteiger partial charge is 0.178 e. The van der Waals surface area contributed by atoms with Gasteiger partial charge in [-0.2, -0.15) is 5.10 Å². The summed E-state index contributed by atoms with van der Waals surface area (Å²) in [6.07, 6.45) is 1.80. The molecule has 3 aromatic rings. The highest BCUT2D eigenvalue weighted by molar-refractivity contribution is 7.71. The average molecular weight is 258 g/mol. The molecular formula is C13H14N4S. The lowest BCUT2D eigenvalue weighted by Gasteiger charge is -2.05. The van der Waals surface area contributed by atoms with Gasteiger partial charge in [0.2, 0.25) is 0 Å². The molecule has 0 atom stereocenters. The number of nitrogens with zero attached hydrogens (tertiary/aromatic N) is 3. The molecule has 1 N–H and O–H groups in total. The van der Waals surface area contributed by atoms with Crippen molar-refractivity contribution in [2.24, 2.45) is 7.05 Å². The molecule has 2 aromatic heterocycles. The summed E-state index contributed by atoms with van der Waals surface area (Å²) in [6, 6.07) is 8.33. The third kappa shape index (κ3) is 1.76. The van der Waals surface area contributed by atoms with E-state index in [9.17, 15) is 0 Å². The lowest BCUT2D eigenvalue weighted by Crippen LogP contribution is -2.05. The molecule has 0 aliphatic rings. The van der Waals surface area contributed by atoms with Gasteiger partial charge in [0.25, 0.3) is 0 Å². The SMILES string of the molecule is Cc1ccc2c(c1)[nH]c(=S)n2Cc1ccnn1C. The summed E-state index contributed by atoms with van der Waals surface area (Å²) in [6.45, 7) is 2.81. The largest absolute Gasteiger partial charge is 0.331 e. The number of benzene rings is 1. The molecule has 0 aliphatic heterocycles. The molecule has 0 spiro atoms. The van der Waals surface area contributed by atoms with Crippen molar-refractivity contribution in [3.05, 3.63) is 46.5 Å². The van der Waals surface area contributed by atoms with E-state index >= 15 is 0 Å². The van der Waals surface area contributed by atoms with Crippen LogP contribution in [0.4, 0.5) is 0 Å². The van der Waals surface area contributed by atoms with Gasteiger partial charge in [0.15, 0.2) is 4.77 Å². The number of aromatic nitrogens is 4. The Morgan fingerprint density at radius 1 is 1.33 bits per heavy atom. The second-order valence-corrected chi connectivity index (χ2v) is 4.87. The Labute approximate surface area is 110 Å². The summed E-state index contributed by atoms with van der Waals surface area (Å²) >= 11 is 5.39. The first kappa shape index (κ1) is 11.2. The first-order chi connectivity index (χ1) is 8.65. The molecule has 4 nitrogen and oxygen atoms in total. The number of aromatic amines is 1. The third-order valence-corrected chi connectivity index (χ3v) is 3.49. The number of hydrogen-bond acceptors (Lipinski definition) is 2. The van der Waals surface area contributed by atoms with Crippen LogP contribution in [-0.4, -0.2) is 19.3 Å². The molecule has 0 amide bonds. The standard InChI is InChI=1S/C13H14N4S/c1-9-3-4-12-11(7-9)15-13(18)17(12)8-10-5-6-14-16(10)2/h3-7H,8H2,1-2H3,(H,15,18). The van der Waals surface area contributed by atoms with Crippen LogP contribution in [0.15, 0.2) is 30.5 Å². The molecule has 0 saturated carbocycles. The van der Waals surface area contributed by atoms with Crippen molar-refractivity contribution < 1.29 is 0 Å². The predicted octanol–water partition coefficient (Wildman–Crippen LogP) is 2.79. The van der Waals surface area contributed by atoms with E-state index in [0.29, 0.717) is 0 Å². The Morgan fingerprint density at radius 3 is 2.89 bits per heavy atom. The molecule has 92 valence electrons. The van der Waals surface area contributed by atoms with Crippen LogP contribution in [0.3, 0.4) is 0 Å². The van der Waals surface area contributed by atoms with E-state index in [1.165, 1.54) is 5.56 Å². The van der Waals surface area contributed by atoms with Crippen LogP contribution in [0.1, 0.15) is 11.3 Å². The van der Waals surface area contributed by atoms with Crippen LogP contribution in [0.5, 0.6) is 0 Å². The minimum Gasteiger partial charge on any atom is -0.331 e. The minimum absolute atomic E-state index is 0.735. The van der Waals surface area contributed by atoms with Crippen molar-refractivity contribution in [1.29, 1.82) is 0 Å². The number of rotatable bonds is 2. The second kappa shape index (κ2) is 4.10. The van der Waals surface area contributed by atoms with Crippen molar-refractivity contribution in [2.75, 3.05) is 0 Å². The van der Waals surface area contributed by atoms with Crippen LogP contribution >= 0.6 is 12.2 Å². The number of imidazole rings is 1. The van der Waals surface area contributed by atoms with E-state index in [1.807, 2.05) is 17.8 Å². The summed E-state index contributed by atoms with van der Waals surface area (Å²) in [7, 11) is 1.94. The Bertz CT molecular complexity index is 763. The summed E-state index contributed by atoms with van der Waals surface area (Å²) in [5, 5.41) is 4.18. The molecule has 3 rings (SSSR count). The molecule has 0 radical (unpaired) electrons. The molecule has 0 saturated heterocycles. The Balaban J connectivity index is 2.15. The van der Waals surface area contributed by atoms with Crippen molar-refractivity contribution >= 4 is 23.3 Å². The van der Waals surface area contributed by atoms with Gasteiger partial charge in [0, 0.05) is 13.2 Å². The van der Waals surface area contributed by atoms with E-state index in [4.69, 9.17) is 12.2 Å². The Kier molecular flexibility index (Phi) is 2.56. The molecule has 0 aliphatic carbocycles. The average Bonchev–Trinajstić information content (AvgIpc) is 2.85. The lowest BCUT2D eigenvalue weighted by atomic mass is 10.2. The molecule has 2 heterocycles. The van der Waals surface area contributed by atoms with Gasteiger partial charge in [0.1, 0.15) is 0 Å². The highest BCUT2D eigenvalue weighted by Gasteiger charge is 2.07. The van der Waals surface area contributed by atoms with Crippen LogP contribution < -0.4 is 0 Å². The van der Waals surface area contributed by atoms with E-state index < -0.39 is 0 Å². The van der Waals surface area contributed by atoms with E-state index in [1.54, 1.807) is 6.20 Å². The first-order valence-electron chi connectivity index (χ1n) is 5.81. The van der Waals surface area contributed by atoms with E-state index in [2.05, 4.69) is 39.8 Å². The zero-order valence-electron chi connectivity index (χ0n) is 10.3. The summed E-state index contributed by atoms with van der Waals surface area (Å²) < 4.78 is 4.72. The van der Waals surface area contributed by atoms with Gasteiger partial charge >= 0.3 is 0 Å². The van der Waals surface area contributed by atoms with Gasteiger partial charge < -0.3 is 9.55 Å². The fourth-order valence-corrected chi connectivity index (χ4v) is 2.43.